The summed E-state index contributed by atoms with van der Waals surface area (Å²) in [5.41, 5.74) is 1.75. The number of nitrogens with zero attached hydrogens (tertiary/aromatic N) is 1. The third-order valence-corrected chi connectivity index (χ3v) is 2.14. The number of halogens is 1. The molecule has 0 aliphatic carbocycles. The van der Waals surface area contributed by atoms with E-state index in [1.807, 2.05) is 30.3 Å². The van der Waals surface area contributed by atoms with Gasteiger partial charge >= 0.3 is 0 Å². The largest absolute Gasteiger partial charge is 0.496 e. The number of benzene rings is 1. The highest BCUT2D eigenvalue weighted by Crippen LogP contribution is 2.28. The zero-order chi connectivity index (χ0) is 10.7. The molecule has 0 unspecified atom stereocenters. The van der Waals surface area contributed by atoms with Crippen LogP contribution >= 0.6 is 0 Å². The van der Waals surface area contributed by atoms with Crippen LogP contribution < -0.4 is 4.74 Å². The summed E-state index contributed by atoms with van der Waals surface area (Å²) < 4.78 is 18.0. The average molecular weight is 203 g/mol. The van der Waals surface area contributed by atoms with Crippen LogP contribution in [0.4, 0.5) is 4.39 Å². The predicted molar refractivity (Wildman–Crippen MR) is 56.2 cm³/mol. The van der Waals surface area contributed by atoms with Gasteiger partial charge in [0.2, 0.25) is 5.95 Å². The van der Waals surface area contributed by atoms with E-state index in [1.54, 1.807) is 0 Å². The predicted octanol–water partition coefficient (Wildman–Crippen LogP) is 2.90. The summed E-state index contributed by atoms with van der Waals surface area (Å²) in [4.78, 5) is 3.62. The Bertz CT molecular complexity index is 456. The monoisotopic (exact) mass is 203 g/mol. The molecule has 15 heavy (non-hydrogen) atoms. The van der Waals surface area contributed by atoms with Gasteiger partial charge in [0.1, 0.15) is 5.75 Å². The lowest BCUT2D eigenvalue weighted by molar-refractivity contribution is 0.411. The lowest BCUT2D eigenvalue weighted by atomic mass is 10.1. The summed E-state index contributed by atoms with van der Waals surface area (Å²) in [6, 6.07) is 10.9. The summed E-state index contributed by atoms with van der Waals surface area (Å²) in [5.74, 6) is -0.0415. The highest BCUT2D eigenvalue weighted by Gasteiger charge is 2.06. The van der Waals surface area contributed by atoms with Crippen molar-refractivity contribution in [3.05, 3.63) is 48.5 Å². The second-order valence-electron chi connectivity index (χ2n) is 3.07. The molecule has 76 valence electrons. The maximum atomic E-state index is 12.9. The quantitative estimate of drug-likeness (QED) is 0.700. The number of hydrogen-bond donors (Lipinski definition) is 0. The van der Waals surface area contributed by atoms with Gasteiger partial charge in [0.25, 0.3) is 0 Å². The van der Waals surface area contributed by atoms with Gasteiger partial charge in [-0.2, -0.15) is 4.39 Å². The molecule has 0 N–H and O–H groups in total. The first-order valence-corrected chi connectivity index (χ1v) is 4.56. The SMILES string of the molecule is COc1cc(F)ncc1-c1ccccc1. The highest BCUT2D eigenvalue weighted by molar-refractivity contribution is 5.69. The molecule has 2 rings (SSSR count). The number of ether oxygens (including phenoxy) is 1. The van der Waals surface area contributed by atoms with Gasteiger partial charge in [-0.1, -0.05) is 30.3 Å². The number of methoxy groups -OCH3 is 1. The molecule has 1 aromatic carbocycles. The van der Waals surface area contributed by atoms with Gasteiger partial charge < -0.3 is 4.74 Å². The van der Waals surface area contributed by atoms with Crippen molar-refractivity contribution in [2.45, 2.75) is 0 Å². The molecule has 0 aliphatic heterocycles. The normalized spacial score (nSPS) is 10.0. The van der Waals surface area contributed by atoms with Gasteiger partial charge in [0, 0.05) is 17.8 Å². The van der Waals surface area contributed by atoms with Gasteiger partial charge in [-0.3, -0.25) is 0 Å². The summed E-state index contributed by atoms with van der Waals surface area (Å²) in [6.07, 6.45) is 1.48. The maximum absolute atomic E-state index is 12.9. The van der Waals surface area contributed by atoms with E-state index >= 15 is 0 Å². The van der Waals surface area contributed by atoms with Crippen molar-refractivity contribution in [3.8, 4) is 16.9 Å². The molecule has 0 aliphatic rings. The Kier molecular flexibility index (Phi) is 2.63. The van der Waals surface area contributed by atoms with E-state index in [4.69, 9.17) is 4.74 Å². The topological polar surface area (TPSA) is 22.1 Å². The molecule has 1 heterocycles. The van der Waals surface area contributed by atoms with Gasteiger partial charge in [-0.25, -0.2) is 4.98 Å². The van der Waals surface area contributed by atoms with E-state index in [1.165, 1.54) is 19.4 Å². The Morgan fingerprint density at radius 2 is 1.93 bits per heavy atom. The first-order valence-electron chi connectivity index (χ1n) is 4.56. The van der Waals surface area contributed by atoms with Crippen molar-refractivity contribution in [2.24, 2.45) is 0 Å². The Balaban J connectivity index is 2.53. The van der Waals surface area contributed by atoms with Gasteiger partial charge in [0.05, 0.1) is 7.11 Å². The van der Waals surface area contributed by atoms with Crippen LogP contribution in [-0.2, 0) is 0 Å². The second-order valence-corrected chi connectivity index (χ2v) is 3.07. The second kappa shape index (κ2) is 4.09. The molecule has 0 atom stereocenters. The molecule has 2 nitrogen and oxygen atoms in total. The van der Waals surface area contributed by atoms with Gasteiger partial charge in [0.15, 0.2) is 0 Å². The van der Waals surface area contributed by atoms with E-state index < -0.39 is 5.95 Å². The lowest BCUT2D eigenvalue weighted by Crippen LogP contribution is -1.91. The van der Waals surface area contributed by atoms with Crippen LogP contribution in [0.15, 0.2) is 42.6 Å². The van der Waals surface area contributed by atoms with Crippen LogP contribution in [0, 0.1) is 5.95 Å². The fraction of sp³-hybridized carbons (Fsp3) is 0.0833. The minimum absolute atomic E-state index is 0.494. The third-order valence-electron chi connectivity index (χ3n) is 2.14. The summed E-state index contributed by atoms with van der Waals surface area (Å²) in [5, 5.41) is 0. The van der Waals surface area contributed by atoms with Gasteiger partial charge in [-0.05, 0) is 5.56 Å². The minimum Gasteiger partial charge on any atom is -0.496 e. The van der Waals surface area contributed by atoms with E-state index in [9.17, 15) is 4.39 Å². The number of hydrogen-bond acceptors (Lipinski definition) is 2. The van der Waals surface area contributed by atoms with E-state index in [2.05, 4.69) is 4.98 Å². The van der Waals surface area contributed by atoms with Crippen LogP contribution in [0.5, 0.6) is 5.75 Å². The average Bonchev–Trinajstić information content (AvgIpc) is 2.30. The Morgan fingerprint density at radius 1 is 1.20 bits per heavy atom. The molecule has 1 aromatic heterocycles. The van der Waals surface area contributed by atoms with Crippen LogP contribution in [0.25, 0.3) is 11.1 Å². The summed E-state index contributed by atoms with van der Waals surface area (Å²) in [6.45, 7) is 0. The molecule has 0 bridgehead atoms. The fourth-order valence-electron chi connectivity index (χ4n) is 1.42. The molecule has 0 radical (unpaired) electrons. The first-order chi connectivity index (χ1) is 7.31. The molecule has 0 fully saturated rings. The molecule has 0 spiro atoms. The van der Waals surface area contributed by atoms with Crippen LogP contribution in [0.3, 0.4) is 0 Å². The molecular formula is C12H10FNO. The van der Waals surface area contributed by atoms with Crippen molar-refractivity contribution in [3.63, 3.8) is 0 Å². The lowest BCUT2D eigenvalue weighted by Gasteiger charge is -2.07. The van der Waals surface area contributed by atoms with Crippen molar-refractivity contribution in [1.29, 1.82) is 0 Å². The van der Waals surface area contributed by atoms with Crippen molar-refractivity contribution in [1.82, 2.24) is 4.98 Å². The Morgan fingerprint density at radius 3 is 2.60 bits per heavy atom. The first kappa shape index (κ1) is 9.65. The molecule has 0 saturated carbocycles. The maximum Gasteiger partial charge on any atom is 0.216 e. The van der Waals surface area contributed by atoms with Crippen molar-refractivity contribution in [2.75, 3.05) is 7.11 Å². The Hall–Kier alpha value is -1.90. The third kappa shape index (κ3) is 1.96. The number of rotatable bonds is 2. The van der Waals surface area contributed by atoms with Crippen molar-refractivity contribution < 1.29 is 9.13 Å². The highest BCUT2D eigenvalue weighted by atomic mass is 19.1. The van der Waals surface area contributed by atoms with E-state index in [0.717, 1.165) is 11.1 Å². The van der Waals surface area contributed by atoms with E-state index in [0.29, 0.717) is 5.75 Å². The minimum atomic E-state index is -0.536. The summed E-state index contributed by atoms with van der Waals surface area (Å²) >= 11 is 0. The molecule has 3 heteroatoms. The smallest absolute Gasteiger partial charge is 0.216 e. The van der Waals surface area contributed by atoms with Crippen LogP contribution in [-0.4, -0.2) is 12.1 Å². The zero-order valence-corrected chi connectivity index (χ0v) is 8.27. The fourth-order valence-corrected chi connectivity index (χ4v) is 1.42. The molecular weight excluding hydrogens is 193 g/mol. The van der Waals surface area contributed by atoms with E-state index in [-0.39, 0.29) is 0 Å². The van der Waals surface area contributed by atoms with Gasteiger partial charge in [-0.15, -0.1) is 0 Å². The Labute approximate surface area is 87.4 Å². The summed E-state index contributed by atoms with van der Waals surface area (Å²) in [7, 11) is 1.52. The number of aromatic nitrogens is 1. The molecule has 2 aromatic rings. The standard InChI is InChI=1S/C12H10FNO/c1-15-11-7-12(13)14-8-10(11)9-5-3-2-4-6-9/h2-8H,1H3. The van der Waals surface area contributed by atoms with Crippen LogP contribution in [0.1, 0.15) is 0 Å². The van der Waals surface area contributed by atoms with Crippen molar-refractivity contribution >= 4 is 0 Å². The molecule has 0 amide bonds. The molecule has 0 saturated heterocycles. The number of pyridine rings is 1. The zero-order valence-electron chi connectivity index (χ0n) is 8.27. The van der Waals surface area contributed by atoms with Crippen LogP contribution in [0.2, 0.25) is 0 Å².